The van der Waals surface area contributed by atoms with Gasteiger partial charge in [0.1, 0.15) is 5.92 Å². The Kier molecular flexibility index (Phi) is 5.52. The van der Waals surface area contributed by atoms with E-state index in [0.717, 1.165) is 11.4 Å². The highest BCUT2D eigenvalue weighted by Gasteiger charge is 2.30. The predicted octanol–water partition coefficient (Wildman–Crippen LogP) is 2.76. The van der Waals surface area contributed by atoms with Crippen LogP contribution in [0.3, 0.4) is 0 Å². The summed E-state index contributed by atoms with van der Waals surface area (Å²) >= 11 is 0. The molecule has 7 heteroatoms. The highest BCUT2D eigenvalue weighted by molar-refractivity contribution is 6.21. The Balaban J connectivity index is 1.38. The first-order valence-electron chi connectivity index (χ1n) is 10.7. The molecule has 0 bridgehead atoms. The van der Waals surface area contributed by atoms with Crippen LogP contribution in [-0.2, 0) is 4.79 Å². The summed E-state index contributed by atoms with van der Waals surface area (Å²) in [6.45, 7) is 8.80. The molecular weight excluding hydrogens is 390 g/mol. The van der Waals surface area contributed by atoms with Gasteiger partial charge in [0.05, 0.1) is 5.71 Å². The van der Waals surface area contributed by atoms with E-state index in [1.54, 1.807) is 0 Å². The van der Waals surface area contributed by atoms with Crippen LogP contribution in [0.5, 0.6) is 0 Å². The van der Waals surface area contributed by atoms with Crippen molar-refractivity contribution in [3.8, 4) is 0 Å². The van der Waals surface area contributed by atoms with Gasteiger partial charge >= 0.3 is 0 Å². The van der Waals surface area contributed by atoms with Crippen molar-refractivity contribution >= 4 is 29.2 Å². The van der Waals surface area contributed by atoms with Gasteiger partial charge in [-0.25, -0.2) is 4.99 Å². The fraction of sp³-hybridized carbons (Fsp3) is 0.417. The SMILES string of the molecule is CN(c1ccc(C(=O)N2CCN(C3=NC(=O)C4C=CC=CC4=N3)CC2)cc1)C(C)(C)C. The Bertz CT molecular complexity index is 990. The molecular formula is C24H29N5O2. The minimum atomic E-state index is -0.364. The third-order valence-corrected chi connectivity index (χ3v) is 6.06. The zero-order valence-corrected chi connectivity index (χ0v) is 18.6. The van der Waals surface area contributed by atoms with Gasteiger partial charge in [-0.2, -0.15) is 4.99 Å². The summed E-state index contributed by atoms with van der Waals surface area (Å²) in [5.41, 5.74) is 2.51. The van der Waals surface area contributed by atoms with E-state index in [0.29, 0.717) is 37.7 Å². The van der Waals surface area contributed by atoms with Crippen LogP contribution in [0.4, 0.5) is 5.69 Å². The largest absolute Gasteiger partial charge is 0.370 e. The molecule has 31 heavy (non-hydrogen) atoms. The van der Waals surface area contributed by atoms with Gasteiger partial charge in [0.2, 0.25) is 5.96 Å². The molecule has 2 amide bonds. The maximum absolute atomic E-state index is 13.0. The number of piperazine rings is 1. The number of carbonyl (C=O) groups is 2. The molecule has 2 aliphatic heterocycles. The molecule has 1 aromatic carbocycles. The van der Waals surface area contributed by atoms with Gasteiger partial charge in [-0.15, -0.1) is 0 Å². The minimum absolute atomic E-state index is 0.0120. The zero-order chi connectivity index (χ0) is 22.2. The second kappa shape index (κ2) is 8.13. The second-order valence-corrected chi connectivity index (χ2v) is 9.06. The Hall–Kier alpha value is -3.22. The molecule has 1 aromatic rings. The number of fused-ring (bicyclic) bond motifs is 1. The number of hydrogen-bond donors (Lipinski definition) is 0. The van der Waals surface area contributed by atoms with Crippen LogP contribution in [0, 0.1) is 5.92 Å². The molecule has 1 fully saturated rings. The lowest BCUT2D eigenvalue weighted by Crippen LogP contribution is -2.51. The van der Waals surface area contributed by atoms with E-state index in [-0.39, 0.29) is 23.3 Å². The first kappa shape index (κ1) is 21.0. The van der Waals surface area contributed by atoms with Crippen molar-refractivity contribution in [3.05, 3.63) is 54.1 Å². The Morgan fingerprint density at radius 2 is 1.71 bits per heavy atom. The van der Waals surface area contributed by atoms with Crippen molar-refractivity contribution < 1.29 is 9.59 Å². The van der Waals surface area contributed by atoms with E-state index in [1.807, 2.05) is 58.4 Å². The van der Waals surface area contributed by atoms with E-state index in [4.69, 9.17) is 0 Å². The Morgan fingerprint density at radius 3 is 2.35 bits per heavy atom. The molecule has 1 saturated heterocycles. The molecule has 1 atom stereocenters. The molecule has 7 nitrogen and oxygen atoms in total. The van der Waals surface area contributed by atoms with E-state index in [1.165, 1.54) is 0 Å². The predicted molar refractivity (Wildman–Crippen MR) is 124 cm³/mol. The first-order chi connectivity index (χ1) is 14.7. The number of anilines is 1. The molecule has 0 saturated carbocycles. The lowest BCUT2D eigenvalue weighted by molar-refractivity contribution is -0.118. The second-order valence-electron chi connectivity index (χ2n) is 9.06. The number of benzene rings is 1. The molecule has 3 aliphatic rings. The smallest absolute Gasteiger partial charge is 0.261 e. The number of hydrogen-bond acceptors (Lipinski definition) is 5. The van der Waals surface area contributed by atoms with Crippen LogP contribution >= 0.6 is 0 Å². The molecule has 0 N–H and O–H groups in total. The summed E-state index contributed by atoms with van der Waals surface area (Å²) in [5.74, 6) is -0.0628. The van der Waals surface area contributed by atoms with E-state index < -0.39 is 0 Å². The van der Waals surface area contributed by atoms with Gasteiger partial charge in [-0.1, -0.05) is 18.2 Å². The molecule has 162 valence electrons. The van der Waals surface area contributed by atoms with E-state index in [9.17, 15) is 9.59 Å². The zero-order valence-electron chi connectivity index (χ0n) is 18.6. The number of carbonyl (C=O) groups excluding carboxylic acids is 2. The van der Waals surface area contributed by atoms with Crippen LogP contribution < -0.4 is 4.90 Å². The number of rotatable bonds is 2. The molecule has 0 aromatic heterocycles. The summed E-state index contributed by atoms with van der Waals surface area (Å²) in [6.07, 6.45) is 7.41. The molecule has 2 heterocycles. The Morgan fingerprint density at radius 1 is 1.03 bits per heavy atom. The van der Waals surface area contributed by atoms with E-state index >= 15 is 0 Å². The fourth-order valence-corrected chi connectivity index (χ4v) is 3.80. The lowest BCUT2D eigenvalue weighted by Gasteiger charge is -2.36. The summed E-state index contributed by atoms with van der Waals surface area (Å²) in [7, 11) is 2.06. The fourth-order valence-electron chi connectivity index (χ4n) is 3.80. The molecule has 1 unspecified atom stereocenters. The number of allylic oxidation sites excluding steroid dienone is 3. The third-order valence-electron chi connectivity index (χ3n) is 6.06. The third kappa shape index (κ3) is 4.31. The van der Waals surface area contributed by atoms with Crippen molar-refractivity contribution in [2.75, 3.05) is 38.1 Å². The van der Waals surface area contributed by atoms with Crippen LogP contribution in [0.2, 0.25) is 0 Å². The maximum atomic E-state index is 13.0. The average molecular weight is 420 g/mol. The molecule has 4 rings (SSSR count). The first-order valence-corrected chi connectivity index (χ1v) is 10.7. The number of guanidine groups is 1. The van der Waals surface area contributed by atoms with Crippen molar-refractivity contribution in [2.24, 2.45) is 15.9 Å². The van der Waals surface area contributed by atoms with Crippen molar-refractivity contribution in [2.45, 2.75) is 26.3 Å². The molecule has 0 spiro atoms. The quantitative estimate of drug-likeness (QED) is 0.739. The Labute approximate surface area is 183 Å². The summed E-state index contributed by atoms with van der Waals surface area (Å²) in [4.78, 5) is 40.1. The van der Waals surface area contributed by atoms with Crippen LogP contribution in [0.25, 0.3) is 0 Å². The van der Waals surface area contributed by atoms with Crippen molar-refractivity contribution in [1.29, 1.82) is 0 Å². The van der Waals surface area contributed by atoms with Gasteiger partial charge in [0.25, 0.3) is 11.8 Å². The average Bonchev–Trinajstić information content (AvgIpc) is 2.78. The monoisotopic (exact) mass is 419 g/mol. The highest BCUT2D eigenvalue weighted by atomic mass is 16.2. The topological polar surface area (TPSA) is 68.6 Å². The number of amides is 2. The minimum Gasteiger partial charge on any atom is -0.370 e. The van der Waals surface area contributed by atoms with Gasteiger partial charge in [0, 0.05) is 50.0 Å². The lowest BCUT2D eigenvalue weighted by atomic mass is 9.97. The summed E-state index contributed by atoms with van der Waals surface area (Å²) < 4.78 is 0. The van der Waals surface area contributed by atoms with Gasteiger partial charge in [-0.3, -0.25) is 9.59 Å². The maximum Gasteiger partial charge on any atom is 0.261 e. The van der Waals surface area contributed by atoms with Crippen LogP contribution in [-0.4, -0.2) is 72.1 Å². The van der Waals surface area contributed by atoms with Crippen molar-refractivity contribution in [1.82, 2.24) is 9.80 Å². The number of aliphatic imine (C=N–C) groups is 2. The number of nitrogens with zero attached hydrogens (tertiary/aromatic N) is 5. The summed E-state index contributed by atoms with van der Waals surface area (Å²) in [5, 5.41) is 0. The van der Waals surface area contributed by atoms with Gasteiger partial charge in [-0.05, 0) is 51.1 Å². The molecule has 0 radical (unpaired) electrons. The van der Waals surface area contributed by atoms with Crippen LogP contribution in [0.1, 0.15) is 31.1 Å². The van der Waals surface area contributed by atoms with Crippen molar-refractivity contribution in [3.63, 3.8) is 0 Å². The van der Waals surface area contributed by atoms with Gasteiger partial charge in [0.15, 0.2) is 0 Å². The summed E-state index contributed by atoms with van der Waals surface area (Å²) in [6, 6.07) is 7.78. The van der Waals surface area contributed by atoms with E-state index in [2.05, 4.69) is 42.7 Å². The normalized spacial score (nSPS) is 20.9. The highest BCUT2D eigenvalue weighted by Crippen LogP contribution is 2.23. The van der Waals surface area contributed by atoms with Gasteiger partial charge < -0.3 is 14.7 Å². The molecule has 1 aliphatic carbocycles. The standard InChI is InChI=1S/C24H29N5O2/c1-24(2,3)27(4)18-11-9-17(10-12-18)22(31)28-13-15-29(16-14-28)23-25-20-8-6-5-7-19(20)21(30)26-23/h5-12,19H,13-16H2,1-4H3. The van der Waals surface area contributed by atoms with Crippen LogP contribution in [0.15, 0.2) is 58.6 Å².